The Balaban J connectivity index is 2.23. The van der Waals surface area contributed by atoms with E-state index >= 15 is 0 Å². The number of halogens is 1. The lowest BCUT2D eigenvalue weighted by Gasteiger charge is -2.25. The van der Waals surface area contributed by atoms with Gasteiger partial charge in [0.2, 0.25) is 0 Å². The van der Waals surface area contributed by atoms with Gasteiger partial charge in [-0.3, -0.25) is 0 Å². The standard InChI is InChI=1S/C9H15ClO3/c1-7-3-2-4-8(5-7)13-9(11)12-6-10/h7-8H,2-6H2,1H3. The van der Waals surface area contributed by atoms with E-state index in [4.69, 9.17) is 16.3 Å². The van der Waals surface area contributed by atoms with Gasteiger partial charge < -0.3 is 9.47 Å². The van der Waals surface area contributed by atoms with Crippen LogP contribution in [0.5, 0.6) is 0 Å². The van der Waals surface area contributed by atoms with E-state index in [1.807, 2.05) is 0 Å². The summed E-state index contributed by atoms with van der Waals surface area (Å²) in [6.07, 6.45) is 3.62. The Morgan fingerprint density at radius 1 is 1.54 bits per heavy atom. The molecule has 0 bridgehead atoms. The molecule has 0 aromatic carbocycles. The minimum atomic E-state index is -0.644. The molecule has 2 unspecified atom stereocenters. The van der Waals surface area contributed by atoms with Crippen molar-refractivity contribution in [1.82, 2.24) is 0 Å². The van der Waals surface area contributed by atoms with Crippen molar-refractivity contribution in [2.45, 2.75) is 38.7 Å². The van der Waals surface area contributed by atoms with Crippen LogP contribution in [-0.4, -0.2) is 18.3 Å². The zero-order chi connectivity index (χ0) is 9.68. The first-order valence-electron chi connectivity index (χ1n) is 4.61. The molecule has 1 aliphatic carbocycles. The van der Waals surface area contributed by atoms with Gasteiger partial charge in [0.15, 0.2) is 6.07 Å². The van der Waals surface area contributed by atoms with Gasteiger partial charge in [-0.2, -0.15) is 0 Å². The van der Waals surface area contributed by atoms with Crippen LogP contribution in [0.4, 0.5) is 4.79 Å². The first kappa shape index (κ1) is 10.6. The molecule has 0 radical (unpaired) electrons. The smallest absolute Gasteiger partial charge is 0.431 e. The Bertz CT molecular complexity index is 172. The number of carbonyl (C=O) groups is 1. The molecular formula is C9H15ClO3. The topological polar surface area (TPSA) is 35.5 Å². The largest absolute Gasteiger partial charge is 0.509 e. The lowest BCUT2D eigenvalue weighted by molar-refractivity contribution is 0.0120. The Labute approximate surface area is 83.3 Å². The highest BCUT2D eigenvalue weighted by Gasteiger charge is 2.22. The predicted octanol–water partition coefficient (Wildman–Crippen LogP) is 2.91. The van der Waals surface area contributed by atoms with E-state index in [-0.39, 0.29) is 12.2 Å². The lowest BCUT2D eigenvalue weighted by Crippen LogP contribution is -2.24. The molecule has 13 heavy (non-hydrogen) atoms. The summed E-state index contributed by atoms with van der Waals surface area (Å²) in [7, 11) is 0. The van der Waals surface area contributed by atoms with Gasteiger partial charge in [-0.1, -0.05) is 24.9 Å². The minimum absolute atomic E-state index is 0.0273. The van der Waals surface area contributed by atoms with Crippen molar-refractivity contribution in [1.29, 1.82) is 0 Å². The summed E-state index contributed by atoms with van der Waals surface area (Å²) >= 11 is 5.22. The van der Waals surface area contributed by atoms with Gasteiger partial charge in [-0.05, 0) is 25.2 Å². The Morgan fingerprint density at radius 3 is 2.92 bits per heavy atom. The maximum absolute atomic E-state index is 10.9. The van der Waals surface area contributed by atoms with Gasteiger partial charge in [0.25, 0.3) is 0 Å². The highest BCUT2D eigenvalue weighted by atomic mass is 35.5. The summed E-state index contributed by atoms with van der Waals surface area (Å²) < 4.78 is 9.54. The number of rotatable bonds is 2. The minimum Gasteiger partial charge on any atom is -0.431 e. The van der Waals surface area contributed by atoms with Crippen LogP contribution in [0, 0.1) is 5.92 Å². The van der Waals surface area contributed by atoms with E-state index < -0.39 is 6.16 Å². The van der Waals surface area contributed by atoms with Crippen molar-refractivity contribution >= 4 is 17.8 Å². The van der Waals surface area contributed by atoms with Crippen molar-refractivity contribution in [3.63, 3.8) is 0 Å². The van der Waals surface area contributed by atoms with Gasteiger partial charge in [-0.25, -0.2) is 4.79 Å². The van der Waals surface area contributed by atoms with E-state index in [9.17, 15) is 4.79 Å². The van der Waals surface area contributed by atoms with Gasteiger partial charge in [0.1, 0.15) is 6.10 Å². The number of carbonyl (C=O) groups excluding carboxylic acids is 1. The Kier molecular flexibility index (Phi) is 4.36. The van der Waals surface area contributed by atoms with Crippen LogP contribution in [-0.2, 0) is 9.47 Å². The molecule has 0 heterocycles. The second kappa shape index (κ2) is 5.32. The average molecular weight is 207 g/mol. The van der Waals surface area contributed by atoms with Crippen LogP contribution < -0.4 is 0 Å². The Morgan fingerprint density at radius 2 is 2.31 bits per heavy atom. The molecule has 0 amide bonds. The highest BCUT2D eigenvalue weighted by molar-refractivity contribution is 6.17. The van der Waals surface area contributed by atoms with E-state index in [0.29, 0.717) is 5.92 Å². The van der Waals surface area contributed by atoms with Gasteiger partial charge in [0, 0.05) is 0 Å². The zero-order valence-corrected chi connectivity index (χ0v) is 8.55. The van der Waals surface area contributed by atoms with E-state index in [2.05, 4.69) is 11.7 Å². The first-order chi connectivity index (χ1) is 6.22. The van der Waals surface area contributed by atoms with Crippen molar-refractivity contribution in [2.24, 2.45) is 5.92 Å². The fourth-order valence-electron chi connectivity index (χ4n) is 1.70. The van der Waals surface area contributed by atoms with Gasteiger partial charge in [0.05, 0.1) is 0 Å². The van der Waals surface area contributed by atoms with Crippen molar-refractivity contribution in [3.05, 3.63) is 0 Å². The summed E-state index contributed by atoms with van der Waals surface area (Å²) in [4.78, 5) is 10.9. The normalized spacial score (nSPS) is 28.2. The second-order valence-corrected chi connectivity index (χ2v) is 3.73. The van der Waals surface area contributed by atoms with Crippen LogP contribution in [0.15, 0.2) is 0 Å². The number of hydrogen-bond donors (Lipinski definition) is 0. The summed E-state index contributed by atoms with van der Waals surface area (Å²) in [6.45, 7) is 2.17. The molecular weight excluding hydrogens is 192 g/mol. The van der Waals surface area contributed by atoms with Crippen LogP contribution in [0.3, 0.4) is 0 Å². The molecule has 76 valence electrons. The van der Waals surface area contributed by atoms with Crippen LogP contribution >= 0.6 is 11.6 Å². The highest BCUT2D eigenvalue weighted by Crippen LogP contribution is 2.25. The maximum atomic E-state index is 10.9. The van der Waals surface area contributed by atoms with Crippen molar-refractivity contribution in [3.8, 4) is 0 Å². The number of alkyl halides is 1. The third-order valence-corrected chi connectivity index (χ3v) is 2.43. The lowest BCUT2D eigenvalue weighted by atomic mass is 9.89. The van der Waals surface area contributed by atoms with Gasteiger partial charge in [-0.15, -0.1) is 0 Å². The molecule has 0 N–H and O–H groups in total. The molecule has 0 spiro atoms. The fraction of sp³-hybridized carbons (Fsp3) is 0.889. The summed E-state index contributed by atoms with van der Waals surface area (Å²) in [6, 6.07) is -0.138. The van der Waals surface area contributed by atoms with Crippen LogP contribution in [0.2, 0.25) is 0 Å². The molecule has 1 fully saturated rings. The SMILES string of the molecule is CC1CCCC(OC(=O)OCCl)C1. The molecule has 1 aliphatic rings. The first-order valence-corrected chi connectivity index (χ1v) is 5.15. The summed E-state index contributed by atoms with van der Waals surface area (Å²) in [5, 5.41) is 0. The summed E-state index contributed by atoms with van der Waals surface area (Å²) in [5.41, 5.74) is 0. The monoisotopic (exact) mass is 206 g/mol. The number of hydrogen-bond acceptors (Lipinski definition) is 3. The third kappa shape index (κ3) is 3.85. The molecule has 0 aromatic rings. The quantitative estimate of drug-likeness (QED) is 0.515. The van der Waals surface area contributed by atoms with E-state index in [1.54, 1.807) is 0 Å². The second-order valence-electron chi connectivity index (χ2n) is 3.52. The molecule has 0 aromatic heterocycles. The maximum Gasteiger partial charge on any atom is 0.509 e. The molecule has 2 atom stereocenters. The molecule has 1 rings (SSSR count). The zero-order valence-electron chi connectivity index (χ0n) is 7.79. The predicted molar refractivity (Wildman–Crippen MR) is 49.7 cm³/mol. The van der Waals surface area contributed by atoms with Crippen LogP contribution in [0.25, 0.3) is 0 Å². The number of ether oxygens (including phenoxy) is 2. The average Bonchev–Trinajstić information content (AvgIpc) is 2.04. The molecule has 3 nitrogen and oxygen atoms in total. The van der Waals surface area contributed by atoms with Crippen molar-refractivity contribution < 1.29 is 14.3 Å². The third-order valence-electron chi connectivity index (χ3n) is 2.32. The van der Waals surface area contributed by atoms with Crippen LogP contribution in [0.1, 0.15) is 32.6 Å². The van der Waals surface area contributed by atoms with E-state index in [1.165, 1.54) is 6.42 Å². The van der Waals surface area contributed by atoms with E-state index in [0.717, 1.165) is 19.3 Å². The molecule has 0 saturated heterocycles. The van der Waals surface area contributed by atoms with Gasteiger partial charge >= 0.3 is 6.16 Å². The summed E-state index contributed by atoms with van der Waals surface area (Å²) in [5.74, 6) is 0.641. The molecule has 4 heteroatoms. The molecule has 1 saturated carbocycles. The Hall–Kier alpha value is -0.440. The fourth-order valence-corrected chi connectivity index (χ4v) is 1.79. The van der Waals surface area contributed by atoms with Crippen molar-refractivity contribution in [2.75, 3.05) is 6.07 Å². The molecule has 0 aliphatic heterocycles.